The van der Waals surface area contributed by atoms with Crippen LogP contribution in [0.3, 0.4) is 0 Å². The summed E-state index contributed by atoms with van der Waals surface area (Å²) >= 11 is 0. The smallest absolute Gasteiger partial charge is 0.0208 e. The maximum Gasteiger partial charge on any atom is 0.0208 e. The average molecular weight is 229 g/mol. The third-order valence-corrected chi connectivity index (χ3v) is 4.59. The van der Waals surface area contributed by atoms with Crippen molar-refractivity contribution in [3.05, 3.63) is 35.4 Å². The Hall–Kier alpha value is -0.820. The minimum absolute atomic E-state index is 0.661. The fourth-order valence-electron chi connectivity index (χ4n) is 2.78. The van der Waals surface area contributed by atoms with E-state index in [2.05, 4.69) is 36.5 Å². The predicted octanol–water partition coefficient (Wildman–Crippen LogP) is 3.84. The SMILES string of the molecule is CCC1(CNCc2ccccc2C2CC2)CC1. The lowest BCUT2D eigenvalue weighted by molar-refractivity contribution is 0.443. The van der Waals surface area contributed by atoms with Crippen molar-refractivity contribution >= 4 is 0 Å². The van der Waals surface area contributed by atoms with Gasteiger partial charge in [0.15, 0.2) is 0 Å². The van der Waals surface area contributed by atoms with Gasteiger partial charge < -0.3 is 5.32 Å². The lowest BCUT2D eigenvalue weighted by atomic mass is 10.0. The number of rotatable bonds is 6. The Balaban J connectivity index is 1.57. The molecule has 0 bridgehead atoms. The topological polar surface area (TPSA) is 12.0 Å². The summed E-state index contributed by atoms with van der Waals surface area (Å²) in [5, 5.41) is 3.68. The molecule has 0 aromatic heterocycles. The molecule has 1 N–H and O–H groups in total. The number of benzene rings is 1. The molecule has 0 amide bonds. The Morgan fingerprint density at radius 1 is 1.24 bits per heavy atom. The predicted molar refractivity (Wildman–Crippen MR) is 72.1 cm³/mol. The quantitative estimate of drug-likeness (QED) is 0.781. The molecule has 1 aromatic rings. The molecule has 0 atom stereocenters. The lowest BCUT2D eigenvalue weighted by Gasteiger charge is -2.15. The van der Waals surface area contributed by atoms with Crippen LogP contribution >= 0.6 is 0 Å². The number of nitrogens with one attached hydrogen (secondary N) is 1. The zero-order valence-corrected chi connectivity index (χ0v) is 10.8. The Kier molecular flexibility index (Phi) is 2.96. The molecular weight excluding hydrogens is 206 g/mol. The van der Waals surface area contributed by atoms with Crippen LogP contribution in [0.15, 0.2) is 24.3 Å². The summed E-state index contributed by atoms with van der Waals surface area (Å²) in [6.45, 7) is 4.60. The molecule has 0 heterocycles. The summed E-state index contributed by atoms with van der Waals surface area (Å²) in [6, 6.07) is 8.98. The van der Waals surface area contributed by atoms with Gasteiger partial charge in [-0.3, -0.25) is 0 Å². The summed E-state index contributed by atoms with van der Waals surface area (Å²) in [5.41, 5.74) is 3.79. The molecule has 2 fully saturated rings. The van der Waals surface area contributed by atoms with Crippen molar-refractivity contribution in [2.75, 3.05) is 6.54 Å². The highest BCUT2D eigenvalue weighted by Gasteiger charge is 2.39. The third-order valence-electron chi connectivity index (χ3n) is 4.59. The van der Waals surface area contributed by atoms with Crippen LogP contribution in [0, 0.1) is 5.41 Å². The third kappa shape index (κ3) is 2.55. The molecular formula is C16H23N. The van der Waals surface area contributed by atoms with Crippen LogP contribution in [-0.4, -0.2) is 6.54 Å². The molecule has 1 aromatic carbocycles. The van der Waals surface area contributed by atoms with Crippen molar-refractivity contribution in [2.45, 2.75) is 51.5 Å². The van der Waals surface area contributed by atoms with E-state index in [-0.39, 0.29) is 0 Å². The highest BCUT2D eigenvalue weighted by Crippen LogP contribution is 2.48. The van der Waals surface area contributed by atoms with E-state index in [4.69, 9.17) is 0 Å². The molecule has 3 rings (SSSR count). The Morgan fingerprint density at radius 3 is 2.65 bits per heavy atom. The van der Waals surface area contributed by atoms with E-state index in [1.165, 1.54) is 44.2 Å². The fourth-order valence-corrected chi connectivity index (χ4v) is 2.78. The van der Waals surface area contributed by atoms with Gasteiger partial charge in [-0.05, 0) is 54.6 Å². The normalized spacial score (nSPS) is 21.5. The molecule has 1 heteroatoms. The first-order chi connectivity index (χ1) is 8.33. The van der Waals surface area contributed by atoms with Crippen molar-refractivity contribution in [1.29, 1.82) is 0 Å². The van der Waals surface area contributed by atoms with Crippen LogP contribution in [0.25, 0.3) is 0 Å². The summed E-state index contributed by atoms with van der Waals surface area (Å²) in [7, 11) is 0. The van der Waals surface area contributed by atoms with Crippen molar-refractivity contribution < 1.29 is 0 Å². The van der Waals surface area contributed by atoms with E-state index in [1.807, 2.05) is 0 Å². The molecule has 0 unspecified atom stereocenters. The van der Waals surface area contributed by atoms with Gasteiger partial charge >= 0.3 is 0 Å². The zero-order chi connectivity index (χ0) is 11.7. The maximum atomic E-state index is 3.68. The Labute approximate surface area is 105 Å². The minimum atomic E-state index is 0.661. The largest absolute Gasteiger partial charge is 0.312 e. The van der Waals surface area contributed by atoms with E-state index < -0.39 is 0 Å². The van der Waals surface area contributed by atoms with Gasteiger partial charge in [0.05, 0.1) is 0 Å². The van der Waals surface area contributed by atoms with Gasteiger partial charge in [-0.25, -0.2) is 0 Å². The van der Waals surface area contributed by atoms with Gasteiger partial charge in [0.25, 0.3) is 0 Å². The second-order valence-electron chi connectivity index (χ2n) is 5.93. The van der Waals surface area contributed by atoms with Crippen LogP contribution in [0.5, 0.6) is 0 Å². The van der Waals surface area contributed by atoms with Gasteiger partial charge in [0, 0.05) is 13.1 Å². The standard InChI is InChI=1S/C16H23N/c1-2-16(9-10-16)12-17-11-14-5-3-4-6-15(14)13-7-8-13/h3-6,13,17H,2,7-12H2,1H3. The van der Waals surface area contributed by atoms with Crippen LogP contribution in [-0.2, 0) is 6.54 Å². The summed E-state index contributed by atoms with van der Waals surface area (Å²) in [6.07, 6.45) is 7.00. The summed E-state index contributed by atoms with van der Waals surface area (Å²) in [5.74, 6) is 0.870. The van der Waals surface area contributed by atoms with Crippen molar-refractivity contribution in [1.82, 2.24) is 5.32 Å². The van der Waals surface area contributed by atoms with E-state index in [0.717, 1.165) is 12.5 Å². The first kappa shape index (κ1) is 11.3. The first-order valence-electron chi connectivity index (χ1n) is 7.11. The van der Waals surface area contributed by atoms with Crippen molar-refractivity contribution in [3.63, 3.8) is 0 Å². The lowest BCUT2D eigenvalue weighted by Crippen LogP contribution is -2.23. The van der Waals surface area contributed by atoms with Gasteiger partial charge in [-0.1, -0.05) is 31.2 Å². The highest BCUT2D eigenvalue weighted by molar-refractivity contribution is 5.33. The van der Waals surface area contributed by atoms with Gasteiger partial charge in [-0.15, -0.1) is 0 Å². The molecule has 2 aliphatic rings. The first-order valence-corrected chi connectivity index (χ1v) is 7.11. The number of hydrogen-bond donors (Lipinski definition) is 1. The van der Waals surface area contributed by atoms with E-state index >= 15 is 0 Å². The van der Waals surface area contributed by atoms with Crippen molar-refractivity contribution in [3.8, 4) is 0 Å². The van der Waals surface area contributed by atoms with E-state index in [0.29, 0.717) is 5.41 Å². The van der Waals surface area contributed by atoms with Crippen LogP contribution in [0.1, 0.15) is 56.1 Å². The molecule has 1 nitrogen and oxygen atoms in total. The summed E-state index contributed by atoms with van der Waals surface area (Å²) in [4.78, 5) is 0. The van der Waals surface area contributed by atoms with Crippen molar-refractivity contribution in [2.24, 2.45) is 5.41 Å². The van der Waals surface area contributed by atoms with Crippen LogP contribution < -0.4 is 5.32 Å². The Bertz CT molecular complexity index is 388. The Morgan fingerprint density at radius 2 is 2.00 bits per heavy atom. The van der Waals surface area contributed by atoms with E-state index in [1.54, 1.807) is 5.56 Å². The molecule has 0 saturated heterocycles. The minimum Gasteiger partial charge on any atom is -0.312 e. The van der Waals surface area contributed by atoms with Crippen LogP contribution in [0.2, 0.25) is 0 Å². The molecule has 0 spiro atoms. The van der Waals surface area contributed by atoms with Crippen LogP contribution in [0.4, 0.5) is 0 Å². The van der Waals surface area contributed by atoms with Gasteiger partial charge in [-0.2, -0.15) is 0 Å². The fraction of sp³-hybridized carbons (Fsp3) is 0.625. The maximum absolute atomic E-state index is 3.68. The molecule has 0 radical (unpaired) electrons. The molecule has 2 saturated carbocycles. The second kappa shape index (κ2) is 4.45. The second-order valence-corrected chi connectivity index (χ2v) is 5.93. The molecule has 0 aliphatic heterocycles. The highest BCUT2D eigenvalue weighted by atomic mass is 14.9. The summed E-state index contributed by atoms with van der Waals surface area (Å²) < 4.78 is 0. The van der Waals surface area contributed by atoms with Gasteiger partial charge in [0.2, 0.25) is 0 Å². The molecule has 2 aliphatic carbocycles. The van der Waals surface area contributed by atoms with E-state index in [9.17, 15) is 0 Å². The monoisotopic (exact) mass is 229 g/mol. The average Bonchev–Trinajstić information content (AvgIpc) is 3.25. The zero-order valence-electron chi connectivity index (χ0n) is 10.8. The molecule has 92 valence electrons. The molecule has 17 heavy (non-hydrogen) atoms. The number of hydrogen-bond acceptors (Lipinski definition) is 1. The van der Waals surface area contributed by atoms with Gasteiger partial charge in [0.1, 0.15) is 0 Å².